The zero-order valence-electron chi connectivity index (χ0n) is 19.5. The lowest BCUT2D eigenvalue weighted by atomic mass is 10.0. The van der Waals surface area contributed by atoms with Gasteiger partial charge in [0.1, 0.15) is 0 Å². The van der Waals surface area contributed by atoms with E-state index in [0.717, 1.165) is 32.1 Å². The van der Waals surface area contributed by atoms with Crippen LogP contribution >= 0.6 is 0 Å². The summed E-state index contributed by atoms with van der Waals surface area (Å²) in [6.07, 6.45) is 22.0. The predicted octanol–water partition coefficient (Wildman–Crippen LogP) is 7.52. The fourth-order valence-electron chi connectivity index (χ4n) is 3.50. The summed E-state index contributed by atoms with van der Waals surface area (Å²) in [5.74, 6) is -0.247. The first kappa shape index (κ1) is 27.9. The maximum Gasteiger partial charge on any atom is 0.305 e. The number of rotatable bonds is 22. The van der Waals surface area contributed by atoms with E-state index in [9.17, 15) is 9.59 Å². The van der Waals surface area contributed by atoms with E-state index < -0.39 is 0 Å². The number of ether oxygens (including phenoxy) is 2. The van der Waals surface area contributed by atoms with Crippen LogP contribution in [0.4, 0.5) is 0 Å². The van der Waals surface area contributed by atoms with Crippen molar-refractivity contribution in [2.24, 2.45) is 0 Å². The Balaban J connectivity index is 3.18. The SMILES string of the molecule is CCCCCCCCCCCCCCCCOC(=O)CCCCCC(=O)OCC. The van der Waals surface area contributed by atoms with Gasteiger partial charge >= 0.3 is 11.9 Å². The van der Waals surface area contributed by atoms with Gasteiger partial charge in [0.2, 0.25) is 0 Å². The van der Waals surface area contributed by atoms with Gasteiger partial charge in [-0.2, -0.15) is 0 Å². The van der Waals surface area contributed by atoms with Crippen LogP contribution in [0.15, 0.2) is 0 Å². The first-order valence-electron chi connectivity index (χ1n) is 12.5. The van der Waals surface area contributed by atoms with Gasteiger partial charge in [-0.3, -0.25) is 9.59 Å². The molecule has 4 nitrogen and oxygen atoms in total. The lowest BCUT2D eigenvalue weighted by Crippen LogP contribution is -2.06. The number of carbonyl (C=O) groups excluding carboxylic acids is 2. The standard InChI is InChI=1S/C25H48O4/c1-3-5-6-7-8-9-10-11-12-13-14-15-16-20-23-29-25(27)22-19-17-18-21-24(26)28-4-2/h3-23H2,1-2H3. The molecular weight excluding hydrogens is 364 g/mol. The Morgan fingerprint density at radius 2 is 0.862 bits per heavy atom. The topological polar surface area (TPSA) is 52.6 Å². The quantitative estimate of drug-likeness (QED) is 0.136. The molecule has 0 aromatic rings. The second-order valence-electron chi connectivity index (χ2n) is 8.18. The van der Waals surface area contributed by atoms with Crippen LogP contribution in [0.5, 0.6) is 0 Å². The first-order chi connectivity index (χ1) is 14.2. The van der Waals surface area contributed by atoms with Gasteiger partial charge < -0.3 is 9.47 Å². The van der Waals surface area contributed by atoms with Crippen molar-refractivity contribution in [2.45, 2.75) is 136 Å². The largest absolute Gasteiger partial charge is 0.466 e. The Hall–Kier alpha value is -1.06. The number of carbonyl (C=O) groups is 2. The second-order valence-corrected chi connectivity index (χ2v) is 8.18. The van der Waals surface area contributed by atoms with Crippen LogP contribution in [-0.4, -0.2) is 25.2 Å². The third kappa shape index (κ3) is 23.1. The second kappa shape index (κ2) is 23.2. The molecule has 0 aliphatic rings. The van der Waals surface area contributed by atoms with Gasteiger partial charge in [-0.1, -0.05) is 96.8 Å². The summed E-state index contributed by atoms with van der Waals surface area (Å²) in [5.41, 5.74) is 0. The molecule has 0 bridgehead atoms. The molecule has 0 saturated heterocycles. The number of esters is 2. The molecule has 0 radical (unpaired) electrons. The zero-order chi connectivity index (χ0) is 21.4. The van der Waals surface area contributed by atoms with Gasteiger partial charge in [-0.05, 0) is 26.2 Å². The van der Waals surface area contributed by atoms with Gasteiger partial charge in [-0.15, -0.1) is 0 Å². The third-order valence-electron chi connectivity index (χ3n) is 5.33. The summed E-state index contributed by atoms with van der Waals surface area (Å²) in [4.78, 5) is 22.9. The van der Waals surface area contributed by atoms with Crippen molar-refractivity contribution in [3.63, 3.8) is 0 Å². The zero-order valence-corrected chi connectivity index (χ0v) is 19.5. The molecule has 0 spiro atoms. The molecule has 0 atom stereocenters. The van der Waals surface area contributed by atoms with E-state index in [4.69, 9.17) is 9.47 Å². The normalized spacial score (nSPS) is 10.8. The minimum atomic E-state index is -0.145. The Morgan fingerprint density at radius 3 is 1.31 bits per heavy atom. The number of hydrogen-bond acceptors (Lipinski definition) is 4. The molecule has 0 N–H and O–H groups in total. The van der Waals surface area contributed by atoms with Crippen molar-refractivity contribution in [1.82, 2.24) is 0 Å². The van der Waals surface area contributed by atoms with E-state index in [-0.39, 0.29) is 11.9 Å². The van der Waals surface area contributed by atoms with Crippen molar-refractivity contribution in [3.8, 4) is 0 Å². The summed E-state index contributed by atoms with van der Waals surface area (Å²) in [6.45, 7) is 5.07. The van der Waals surface area contributed by atoms with E-state index in [1.54, 1.807) is 0 Å². The molecule has 0 aromatic heterocycles. The third-order valence-corrected chi connectivity index (χ3v) is 5.33. The highest BCUT2D eigenvalue weighted by Gasteiger charge is 2.04. The minimum absolute atomic E-state index is 0.101. The van der Waals surface area contributed by atoms with Crippen LogP contribution in [0.1, 0.15) is 136 Å². The number of hydrogen-bond donors (Lipinski definition) is 0. The van der Waals surface area contributed by atoms with Crippen LogP contribution in [0.2, 0.25) is 0 Å². The van der Waals surface area contributed by atoms with Crippen LogP contribution in [-0.2, 0) is 19.1 Å². The van der Waals surface area contributed by atoms with Crippen molar-refractivity contribution in [1.29, 1.82) is 0 Å². The van der Waals surface area contributed by atoms with E-state index in [2.05, 4.69) is 6.92 Å². The fraction of sp³-hybridized carbons (Fsp3) is 0.920. The average molecular weight is 413 g/mol. The maximum absolute atomic E-state index is 11.7. The van der Waals surface area contributed by atoms with Crippen molar-refractivity contribution in [3.05, 3.63) is 0 Å². The molecule has 0 aliphatic carbocycles. The van der Waals surface area contributed by atoms with Gasteiger partial charge in [0.25, 0.3) is 0 Å². The maximum atomic E-state index is 11.7. The van der Waals surface area contributed by atoms with Crippen LogP contribution < -0.4 is 0 Å². The Bertz CT molecular complexity index is 368. The van der Waals surface area contributed by atoms with Crippen LogP contribution in [0, 0.1) is 0 Å². The fourth-order valence-corrected chi connectivity index (χ4v) is 3.50. The lowest BCUT2D eigenvalue weighted by molar-refractivity contribution is -0.144. The highest BCUT2D eigenvalue weighted by molar-refractivity contribution is 5.69. The summed E-state index contributed by atoms with van der Waals surface area (Å²) < 4.78 is 10.2. The lowest BCUT2D eigenvalue weighted by Gasteiger charge is -2.05. The smallest absolute Gasteiger partial charge is 0.305 e. The van der Waals surface area contributed by atoms with Gasteiger partial charge in [0, 0.05) is 12.8 Å². The molecule has 4 heteroatoms. The van der Waals surface area contributed by atoms with E-state index in [0.29, 0.717) is 26.1 Å². The van der Waals surface area contributed by atoms with Crippen LogP contribution in [0.25, 0.3) is 0 Å². The highest BCUT2D eigenvalue weighted by atomic mass is 16.5. The average Bonchev–Trinajstić information content (AvgIpc) is 2.71. The molecule has 0 saturated carbocycles. The van der Waals surface area contributed by atoms with Crippen LogP contribution in [0.3, 0.4) is 0 Å². The number of unbranched alkanes of at least 4 members (excludes halogenated alkanes) is 15. The molecule has 0 heterocycles. The van der Waals surface area contributed by atoms with Crippen molar-refractivity contribution < 1.29 is 19.1 Å². The predicted molar refractivity (Wildman–Crippen MR) is 121 cm³/mol. The molecule has 0 aliphatic heterocycles. The summed E-state index contributed by atoms with van der Waals surface area (Å²) in [7, 11) is 0. The Morgan fingerprint density at radius 1 is 0.483 bits per heavy atom. The molecule has 0 rings (SSSR count). The van der Waals surface area contributed by atoms with E-state index in [1.807, 2.05) is 6.92 Å². The molecule has 172 valence electrons. The summed E-state index contributed by atoms with van der Waals surface area (Å²) in [5, 5.41) is 0. The van der Waals surface area contributed by atoms with Gasteiger partial charge in [0.15, 0.2) is 0 Å². The molecule has 0 aromatic carbocycles. The molecule has 0 fully saturated rings. The summed E-state index contributed by atoms with van der Waals surface area (Å²) in [6, 6.07) is 0. The first-order valence-corrected chi connectivity index (χ1v) is 12.5. The molecular formula is C25H48O4. The van der Waals surface area contributed by atoms with Crippen molar-refractivity contribution >= 4 is 11.9 Å². The van der Waals surface area contributed by atoms with E-state index >= 15 is 0 Å². The Labute approximate surface area is 180 Å². The Kier molecular flexibility index (Phi) is 22.4. The highest BCUT2D eigenvalue weighted by Crippen LogP contribution is 2.13. The summed E-state index contributed by atoms with van der Waals surface area (Å²) >= 11 is 0. The molecule has 29 heavy (non-hydrogen) atoms. The van der Waals surface area contributed by atoms with E-state index in [1.165, 1.54) is 77.0 Å². The minimum Gasteiger partial charge on any atom is -0.466 e. The van der Waals surface area contributed by atoms with Gasteiger partial charge in [-0.25, -0.2) is 0 Å². The molecule has 0 unspecified atom stereocenters. The van der Waals surface area contributed by atoms with Crippen molar-refractivity contribution in [2.75, 3.05) is 13.2 Å². The monoisotopic (exact) mass is 412 g/mol. The van der Waals surface area contributed by atoms with Gasteiger partial charge in [0.05, 0.1) is 13.2 Å². The molecule has 0 amide bonds.